The maximum absolute atomic E-state index is 12.6. The number of hydrogen-bond acceptors (Lipinski definition) is 5. The van der Waals surface area contributed by atoms with Gasteiger partial charge in [-0.05, 0) is 19.8 Å². The molecule has 9 heteroatoms. The molecular formula is C11H17N3O5S. The summed E-state index contributed by atoms with van der Waals surface area (Å²) in [6.45, 7) is 2.49. The normalized spacial score (nSPS) is 17.6. The van der Waals surface area contributed by atoms with Crippen LogP contribution in [0.2, 0.25) is 0 Å². The van der Waals surface area contributed by atoms with E-state index in [1.807, 2.05) is 0 Å². The first-order chi connectivity index (χ1) is 9.35. The highest BCUT2D eigenvalue weighted by Gasteiger charge is 2.35. The van der Waals surface area contributed by atoms with Gasteiger partial charge in [0, 0.05) is 26.3 Å². The number of aromatic nitrogens is 2. The predicted octanol–water partition coefficient (Wildman–Crippen LogP) is 0.216. The van der Waals surface area contributed by atoms with Crippen molar-refractivity contribution in [1.82, 2.24) is 14.5 Å². The molecule has 1 aliphatic rings. The Morgan fingerprint density at radius 1 is 1.45 bits per heavy atom. The molecule has 0 amide bonds. The molecule has 0 unspecified atom stereocenters. The number of aromatic carboxylic acids is 1. The maximum Gasteiger partial charge on any atom is 0.357 e. The standard InChI is InChI=1S/C11H17N3O5S/c1-7-10(9(11(15)16)13-12-7)20(17,18)14(2)8-3-5-19-6-4-8/h8H,3-6H2,1-2H3,(H,12,13)(H,15,16). The molecule has 1 saturated heterocycles. The quantitative estimate of drug-likeness (QED) is 0.822. The maximum atomic E-state index is 12.6. The smallest absolute Gasteiger partial charge is 0.357 e. The number of carboxylic acids is 1. The van der Waals surface area contributed by atoms with E-state index in [1.54, 1.807) is 0 Å². The molecule has 0 aromatic carbocycles. The highest BCUT2D eigenvalue weighted by Crippen LogP contribution is 2.25. The summed E-state index contributed by atoms with van der Waals surface area (Å²) in [7, 11) is -2.44. The van der Waals surface area contributed by atoms with Crippen molar-refractivity contribution in [1.29, 1.82) is 0 Å². The van der Waals surface area contributed by atoms with E-state index in [0.717, 1.165) is 0 Å². The highest BCUT2D eigenvalue weighted by atomic mass is 32.2. The monoisotopic (exact) mass is 303 g/mol. The van der Waals surface area contributed by atoms with Gasteiger partial charge >= 0.3 is 5.97 Å². The molecule has 0 atom stereocenters. The number of nitrogens with zero attached hydrogens (tertiary/aromatic N) is 2. The molecule has 1 fully saturated rings. The van der Waals surface area contributed by atoms with Crippen molar-refractivity contribution >= 4 is 16.0 Å². The second-order valence-corrected chi connectivity index (χ2v) is 6.63. The molecule has 0 radical (unpaired) electrons. The van der Waals surface area contributed by atoms with Crippen molar-refractivity contribution in [3.8, 4) is 0 Å². The van der Waals surface area contributed by atoms with Crippen LogP contribution in [0.1, 0.15) is 29.0 Å². The van der Waals surface area contributed by atoms with E-state index in [4.69, 9.17) is 9.84 Å². The third kappa shape index (κ3) is 2.56. The molecule has 1 aromatic heterocycles. The average Bonchev–Trinajstić information content (AvgIpc) is 2.81. The number of aromatic amines is 1. The van der Waals surface area contributed by atoms with E-state index in [1.165, 1.54) is 18.3 Å². The lowest BCUT2D eigenvalue weighted by Crippen LogP contribution is -2.41. The Labute approximate surface area is 116 Å². The topological polar surface area (TPSA) is 113 Å². The minimum absolute atomic E-state index is 0.190. The second-order valence-electron chi connectivity index (χ2n) is 4.70. The lowest BCUT2D eigenvalue weighted by atomic mass is 10.1. The van der Waals surface area contributed by atoms with Gasteiger partial charge in [0.25, 0.3) is 0 Å². The summed E-state index contributed by atoms with van der Waals surface area (Å²) in [5.41, 5.74) is -0.247. The van der Waals surface area contributed by atoms with Crippen molar-refractivity contribution in [2.75, 3.05) is 20.3 Å². The van der Waals surface area contributed by atoms with E-state index in [-0.39, 0.29) is 16.6 Å². The minimum Gasteiger partial charge on any atom is -0.476 e. The Kier molecular flexibility index (Phi) is 4.11. The van der Waals surface area contributed by atoms with Gasteiger partial charge in [0.1, 0.15) is 4.90 Å². The first kappa shape index (κ1) is 14.9. The number of nitrogens with one attached hydrogen (secondary N) is 1. The molecule has 0 aliphatic carbocycles. The highest BCUT2D eigenvalue weighted by molar-refractivity contribution is 7.89. The third-order valence-corrected chi connectivity index (χ3v) is 5.51. The fourth-order valence-electron chi connectivity index (χ4n) is 2.27. The number of sulfonamides is 1. The van der Waals surface area contributed by atoms with Crippen molar-refractivity contribution in [2.45, 2.75) is 30.7 Å². The molecule has 2 heterocycles. The van der Waals surface area contributed by atoms with E-state index >= 15 is 0 Å². The Balaban J connectivity index is 2.39. The van der Waals surface area contributed by atoms with Crippen LogP contribution in [0.25, 0.3) is 0 Å². The molecule has 20 heavy (non-hydrogen) atoms. The van der Waals surface area contributed by atoms with Gasteiger partial charge in [-0.25, -0.2) is 13.2 Å². The Morgan fingerprint density at radius 2 is 2.05 bits per heavy atom. The Bertz CT molecular complexity index is 604. The SMILES string of the molecule is Cc1[nH]nc(C(=O)O)c1S(=O)(=O)N(C)C1CCOCC1. The number of carboxylic acid groups (broad SMARTS) is 1. The largest absolute Gasteiger partial charge is 0.476 e. The summed E-state index contributed by atoms with van der Waals surface area (Å²) >= 11 is 0. The van der Waals surface area contributed by atoms with Crippen LogP contribution < -0.4 is 0 Å². The molecule has 112 valence electrons. The summed E-state index contributed by atoms with van der Waals surface area (Å²) in [5.74, 6) is -1.37. The van der Waals surface area contributed by atoms with E-state index in [9.17, 15) is 13.2 Å². The molecule has 2 rings (SSSR count). The molecule has 1 aromatic rings. The van der Waals surface area contributed by atoms with E-state index in [2.05, 4.69) is 10.2 Å². The zero-order chi connectivity index (χ0) is 14.9. The van der Waals surface area contributed by atoms with Crippen molar-refractivity contribution < 1.29 is 23.1 Å². The van der Waals surface area contributed by atoms with Gasteiger partial charge < -0.3 is 9.84 Å². The molecular weight excluding hydrogens is 286 g/mol. The summed E-state index contributed by atoms with van der Waals surface area (Å²) in [6.07, 6.45) is 1.18. The van der Waals surface area contributed by atoms with Gasteiger partial charge in [-0.3, -0.25) is 5.10 Å². The van der Waals surface area contributed by atoms with Crippen LogP contribution in [0.3, 0.4) is 0 Å². The molecule has 8 nitrogen and oxygen atoms in total. The van der Waals surface area contributed by atoms with Crippen LogP contribution in [0.15, 0.2) is 4.90 Å². The first-order valence-electron chi connectivity index (χ1n) is 6.19. The second kappa shape index (κ2) is 5.51. The van der Waals surface area contributed by atoms with Crippen LogP contribution >= 0.6 is 0 Å². The van der Waals surface area contributed by atoms with Gasteiger partial charge in [0.15, 0.2) is 5.69 Å². The van der Waals surface area contributed by atoms with E-state index < -0.39 is 21.7 Å². The molecule has 0 saturated carbocycles. The lowest BCUT2D eigenvalue weighted by Gasteiger charge is -2.30. The zero-order valence-corrected chi connectivity index (χ0v) is 12.1. The van der Waals surface area contributed by atoms with Crippen LogP contribution in [0.4, 0.5) is 0 Å². The van der Waals surface area contributed by atoms with Gasteiger partial charge in [0.05, 0.1) is 5.69 Å². The predicted molar refractivity (Wildman–Crippen MR) is 69.1 cm³/mol. The third-order valence-electron chi connectivity index (χ3n) is 3.44. The molecule has 0 spiro atoms. The van der Waals surface area contributed by atoms with Crippen molar-refractivity contribution in [3.05, 3.63) is 11.4 Å². The van der Waals surface area contributed by atoms with Crippen LogP contribution in [-0.4, -0.2) is 60.3 Å². The number of aryl methyl sites for hydroxylation is 1. The zero-order valence-electron chi connectivity index (χ0n) is 11.3. The van der Waals surface area contributed by atoms with Crippen molar-refractivity contribution in [2.24, 2.45) is 0 Å². The Morgan fingerprint density at radius 3 is 2.60 bits per heavy atom. The average molecular weight is 303 g/mol. The number of ether oxygens (including phenoxy) is 1. The molecule has 0 bridgehead atoms. The van der Waals surface area contributed by atoms with Crippen LogP contribution in [-0.2, 0) is 14.8 Å². The minimum atomic E-state index is -3.90. The van der Waals surface area contributed by atoms with Crippen LogP contribution in [0, 0.1) is 6.92 Å². The summed E-state index contributed by atoms with van der Waals surface area (Å²) in [6, 6.07) is -0.190. The van der Waals surface area contributed by atoms with Gasteiger partial charge in [0.2, 0.25) is 10.0 Å². The van der Waals surface area contributed by atoms with Crippen molar-refractivity contribution in [3.63, 3.8) is 0 Å². The van der Waals surface area contributed by atoms with Gasteiger partial charge in [-0.1, -0.05) is 0 Å². The Hall–Kier alpha value is -1.45. The molecule has 2 N–H and O–H groups in total. The number of rotatable bonds is 4. The number of H-pyrrole nitrogens is 1. The lowest BCUT2D eigenvalue weighted by molar-refractivity contribution is 0.0628. The fraction of sp³-hybridized carbons (Fsp3) is 0.636. The number of carbonyl (C=O) groups is 1. The summed E-state index contributed by atoms with van der Waals surface area (Å²) < 4.78 is 31.6. The van der Waals surface area contributed by atoms with Gasteiger partial charge in [-0.15, -0.1) is 0 Å². The number of hydrogen-bond donors (Lipinski definition) is 2. The first-order valence-corrected chi connectivity index (χ1v) is 7.63. The summed E-state index contributed by atoms with van der Waals surface area (Å²) in [4.78, 5) is 10.8. The summed E-state index contributed by atoms with van der Waals surface area (Å²) in [5, 5.41) is 15.0. The van der Waals surface area contributed by atoms with Crippen LogP contribution in [0.5, 0.6) is 0 Å². The van der Waals surface area contributed by atoms with E-state index in [0.29, 0.717) is 26.1 Å². The van der Waals surface area contributed by atoms with Gasteiger partial charge in [-0.2, -0.15) is 9.40 Å². The fourth-order valence-corrected chi connectivity index (χ4v) is 3.97. The molecule has 1 aliphatic heterocycles.